The van der Waals surface area contributed by atoms with Crippen LogP contribution in [-0.2, 0) is 5.67 Å². The van der Waals surface area contributed by atoms with Gasteiger partial charge in [-0.1, -0.05) is 0 Å². The van der Waals surface area contributed by atoms with E-state index in [2.05, 4.69) is 4.74 Å². The zero-order chi connectivity index (χ0) is 31.5. The summed E-state index contributed by atoms with van der Waals surface area (Å²) in [4.78, 5) is 0. The number of halogens is 17. The van der Waals surface area contributed by atoms with E-state index in [1.807, 2.05) is 0 Å². The van der Waals surface area contributed by atoms with Crippen molar-refractivity contribution in [1.82, 2.24) is 0 Å². The van der Waals surface area contributed by atoms with Gasteiger partial charge in [0.15, 0.2) is 47.3 Å². The van der Waals surface area contributed by atoms with E-state index in [0.717, 1.165) is 0 Å². The zero-order valence-corrected chi connectivity index (χ0v) is 19.2. The molecule has 0 spiro atoms. The van der Waals surface area contributed by atoms with Gasteiger partial charge in [0.25, 0.3) is 0 Å². The van der Waals surface area contributed by atoms with Gasteiger partial charge >= 0.3 is 23.7 Å². The molecule has 1 N–H and O–H groups in total. The van der Waals surface area contributed by atoms with Crippen LogP contribution in [0.4, 0.5) is 74.6 Å². The van der Waals surface area contributed by atoms with Crippen LogP contribution >= 0.6 is 0 Å². The molecule has 0 bridgehead atoms. The Balaban J connectivity index is 2.68. The molecule has 0 aliphatic heterocycles. The molecular weight excluding hydrogens is 607 g/mol. The number of aliphatic hydroxyl groups excluding tert-OH is 1. The highest BCUT2D eigenvalue weighted by Gasteiger charge is 2.80. The Labute approximate surface area is 210 Å². The molecule has 0 atom stereocenters. The summed E-state index contributed by atoms with van der Waals surface area (Å²) < 4.78 is 240. The summed E-state index contributed by atoms with van der Waals surface area (Å²) >= 11 is 0. The second-order valence-electron chi connectivity index (χ2n) is 8.44. The molecule has 0 unspecified atom stereocenters. The Morgan fingerprint density at radius 1 is 0.525 bits per heavy atom. The minimum atomic E-state index is -7.16. The van der Waals surface area contributed by atoms with E-state index < -0.39 is 112 Å². The summed E-state index contributed by atoms with van der Waals surface area (Å²) in [7, 11) is 0. The van der Waals surface area contributed by atoms with E-state index in [4.69, 9.17) is 5.11 Å². The minimum absolute atomic E-state index is 0.375. The van der Waals surface area contributed by atoms with Crippen LogP contribution in [0.2, 0.25) is 0 Å². The number of aliphatic hydroxyl groups is 1. The van der Waals surface area contributed by atoms with E-state index in [9.17, 15) is 74.6 Å². The summed E-state index contributed by atoms with van der Waals surface area (Å²) in [5.74, 6) is -53.0. The van der Waals surface area contributed by atoms with E-state index in [1.54, 1.807) is 0 Å². The van der Waals surface area contributed by atoms with E-state index in [0.29, 0.717) is 13.8 Å². The topological polar surface area (TPSA) is 29.5 Å². The van der Waals surface area contributed by atoms with Crippen molar-refractivity contribution in [3.63, 3.8) is 0 Å². The first-order valence-electron chi connectivity index (χ1n) is 9.98. The average Bonchev–Trinajstić information content (AvgIpc) is 2.82. The third kappa shape index (κ3) is 4.89. The number of rotatable bonds is 9. The van der Waals surface area contributed by atoms with E-state index in [-0.39, 0.29) is 0 Å². The van der Waals surface area contributed by atoms with Gasteiger partial charge in [-0.15, -0.1) is 0 Å². The van der Waals surface area contributed by atoms with Crippen LogP contribution in [0.1, 0.15) is 19.4 Å². The average molecular weight is 618 g/mol. The van der Waals surface area contributed by atoms with Gasteiger partial charge in [0.05, 0.1) is 16.7 Å². The molecule has 40 heavy (non-hydrogen) atoms. The molecule has 2 rings (SSSR count). The van der Waals surface area contributed by atoms with Gasteiger partial charge in [0.2, 0.25) is 11.6 Å². The second kappa shape index (κ2) is 10.1. The van der Waals surface area contributed by atoms with Gasteiger partial charge in [0, 0.05) is 0 Å². The normalized spacial score (nSPS) is 13.7. The fraction of sp³-hybridized carbons (Fsp3) is 0.429. The highest BCUT2D eigenvalue weighted by atomic mass is 19.4. The first kappa shape index (κ1) is 33.2. The maximum atomic E-state index is 14.5. The maximum Gasteiger partial charge on any atom is 0.381 e. The third-order valence-corrected chi connectivity index (χ3v) is 5.24. The van der Waals surface area contributed by atoms with Crippen LogP contribution in [0.25, 0.3) is 11.1 Å². The molecule has 2 aromatic carbocycles. The van der Waals surface area contributed by atoms with Gasteiger partial charge < -0.3 is 9.84 Å². The van der Waals surface area contributed by atoms with Crippen molar-refractivity contribution in [3.8, 4) is 16.9 Å². The first-order chi connectivity index (χ1) is 17.8. The third-order valence-electron chi connectivity index (χ3n) is 5.24. The summed E-state index contributed by atoms with van der Waals surface area (Å²) in [6.45, 7) is -5.75. The van der Waals surface area contributed by atoms with Crippen molar-refractivity contribution in [1.29, 1.82) is 0 Å². The SMILES string of the molecule is CC(C)(F)c1c(F)c(F)c(-c2c(F)c(F)c(OCC(F)(F)C(F)(F)C(F)(F)C(F)(F)CO)c(F)c2F)c(F)c1F. The first-order valence-corrected chi connectivity index (χ1v) is 9.98. The number of ether oxygens (including phenoxy) is 1. The lowest BCUT2D eigenvalue weighted by molar-refractivity contribution is -0.372. The molecule has 0 radical (unpaired) electrons. The van der Waals surface area contributed by atoms with E-state index >= 15 is 0 Å². The molecule has 0 saturated carbocycles. The van der Waals surface area contributed by atoms with Crippen molar-refractivity contribution in [2.24, 2.45) is 0 Å². The molecule has 0 fully saturated rings. The monoisotopic (exact) mass is 618 g/mol. The number of hydrogen-bond donors (Lipinski definition) is 1. The van der Waals surface area contributed by atoms with Crippen LogP contribution in [-0.4, -0.2) is 42.0 Å². The molecule has 2 aromatic rings. The van der Waals surface area contributed by atoms with Crippen LogP contribution in [0.3, 0.4) is 0 Å². The van der Waals surface area contributed by atoms with Crippen molar-refractivity contribution in [2.45, 2.75) is 43.2 Å². The lowest BCUT2D eigenvalue weighted by Crippen LogP contribution is -2.64. The van der Waals surface area contributed by atoms with Gasteiger partial charge in [0.1, 0.15) is 12.3 Å². The zero-order valence-electron chi connectivity index (χ0n) is 19.2. The molecule has 19 heteroatoms. The van der Waals surface area contributed by atoms with Crippen molar-refractivity contribution in [2.75, 3.05) is 13.2 Å². The van der Waals surface area contributed by atoms with Crippen LogP contribution in [0.5, 0.6) is 5.75 Å². The fourth-order valence-electron chi connectivity index (χ4n) is 3.14. The summed E-state index contributed by atoms with van der Waals surface area (Å²) in [6.07, 6.45) is 0. The van der Waals surface area contributed by atoms with Crippen molar-refractivity contribution >= 4 is 0 Å². The van der Waals surface area contributed by atoms with Crippen LogP contribution < -0.4 is 4.74 Å². The quantitative estimate of drug-likeness (QED) is 0.232. The molecule has 2 nitrogen and oxygen atoms in total. The molecule has 0 heterocycles. The summed E-state index contributed by atoms with van der Waals surface area (Å²) in [5, 5.41) is 8.11. The largest absolute Gasteiger partial charge is 0.481 e. The molecule has 0 amide bonds. The molecule has 0 aromatic heterocycles. The lowest BCUT2D eigenvalue weighted by Gasteiger charge is -2.35. The Morgan fingerprint density at radius 3 is 1.18 bits per heavy atom. The Bertz CT molecular complexity index is 1260. The maximum absolute atomic E-state index is 14.5. The fourth-order valence-corrected chi connectivity index (χ4v) is 3.14. The number of benzene rings is 2. The van der Waals surface area contributed by atoms with Gasteiger partial charge in [-0.05, 0) is 13.8 Å². The Kier molecular flexibility index (Phi) is 8.41. The molecule has 226 valence electrons. The molecule has 0 aliphatic rings. The predicted octanol–water partition coefficient (Wildman–Crippen LogP) is 7.58. The van der Waals surface area contributed by atoms with Gasteiger partial charge in [-0.3, -0.25) is 0 Å². The second-order valence-corrected chi connectivity index (χ2v) is 8.44. The molecule has 0 aliphatic carbocycles. The number of hydrogen-bond acceptors (Lipinski definition) is 2. The van der Waals surface area contributed by atoms with Gasteiger partial charge in [-0.25, -0.2) is 30.7 Å². The van der Waals surface area contributed by atoms with Crippen LogP contribution in [0, 0.1) is 46.5 Å². The standard InChI is InChI=1S/C21H11F17O2/c1-17(2,30)7-12(26)8(22)5(9(23)13(7)27)6-10(24)14(28)16(15(29)11(6)25)40-4-19(33,34)21(37,38)20(35,36)18(31,32)3-39/h39H,3-4H2,1-2H3. The molecule has 0 saturated heterocycles. The highest BCUT2D eigenvalue weighted by Crippen LogP contribution is 2.52. The van der Waals surface area contributed by atoms with Crippen LogP contribution in [0.15, 0.2) is 0 Å². The summed E-state index contributed by atoms with van der Waals surface area (Å²) in [6, 6.07) is 0. The predicted molar refractivity (Wildman–Crippen MR) is 98.0 cm³/mol. The molecular formula is C21H11F17O2. The smallest absolute Gasteiger partial charge is 0.381 e. The number of alkyl halides is 9. The Morgan fingerprint density at radius 2 is 0.850 bits per heavy atom. The Hall–Kier alpha value is -2.99. The van der Waals surface area contributed by atoms with E-state index in [1.165, 1.54) is 0 Å². The van der Waals surface area contributed by atoms with Gasteiger partial charge in [-0.2, -0.15) is 43.9 Å². The van der Waals surface area contributed by atoms with Crippen molar-refractivity contribution < 1.29 is 84.5 Å². The lowest BCUT2D eigenvalue weighted by atomic mass is 9.93. The van der Waals surface area contributed by atoms with Crippen molar-refractivity contribution in [3.05, 3.63) is 52.1 Å². The highest BCUT2D eigenvalue weighted by molar-refractivity contribution is 5.69. The summed E-state index contributed by atoms with van der Waals surface area (Å²) in [5.41, 5.74) is -10.3. The minimum Gasteiger partial charge on any atom is -0.481 e.